The number of hydrogen-bond donors (Lipinski definition) is 2. The molecule has 30 heavy (non-hydrogen) atoms. The van der Waals surface area contributed by atoms with Gasteiger partial charge < -0.3 is 15.4 Å². The SMILES string of the molecule is CNC(=O)OCCc1cccc(Nc2c3ccc(C)cc3nc3cc(C)ccc23)c1. The normalized spacial score (nSPS) is 10.9. The van der Waals surface area contributed by atoms with Gasteiger partial charge in [-0.05, 0) is 54.8 Å². The first-order valence-electron chi connectivity index (χ1n) is 10.0. The van der Waals surface area contributed by atoms with Gasteiger partial charge in [-0.1, -0.05) is 36.4 Å². The molecule has 1 amide bonds. The van der Waals surface area contributed by atoms with Crippen molar-refractivity contribution in [2.45, 2.75) is 20.3 Å². The monoisotopic (exact) mass is 399 g/mol. The van der Waals surface area contributed by atoms with Crippen LogP contribution in [0.3, 0.4) is 0 Å². The number of amides is 1. The van der Waals surface area contributed by atoms with E-state index in [0.717, 1.165) is 38.7 Å². The van der Waals surface area contributed by atoms with Crippen LogP contribution in [-0.4, -0.2) is 24.7 Å². The lowest BCUT2D eigenvalue weighted by Crippen LogP contribution is -2.20. The zero-order valence-electron chi connectivity index (χ0n) is 17.5. The van der Waals surface area contributed by atoms with Crippen molar-refractivity contribution < 1.29 is 9.53 Å². The molecule has 4 aromatic rings. The fourth-order valence-electron chi connectivity index (χ4n) is 3.58. The van der Waals surface area contributed by atoms with Crippen molar-refractivity contribution in [2.24, 2.45) is 0 Å². The van der Waals surface area contributed by atoms with Crippen molar-refractivity contribution in [3.05, 3.63) is 77.4 Å². The molecule has 3 aromatic carbocycles. The Hall–Kier alpha value is -3.60. The van der Waals surface area contributed by atoms with Crippen LogP contribution in [0, 0.1) is 13.8 Å². The molecule has 0 unspecified atom stereocenters. The average Bonchev–Trinajstić information content (AvgIpc) is 2.73. The highest BCUT2D eigenvalue weighted by molar-refractivity contribution is 6.08. The third-order valence-electron chi connectivity index (χ3n) is 5.11. The Morgan fingerprint density at radius 3 is 2.23 bits per heavy atom. The fraction of sp³-hybridized carbons (Fsp3) is 0.200. The van der Waals surface area contributed by atoms with Gasteiger partial charge in [-0.2, -0.15) is 0 Å². The molecule has 4 rings (SSSR count). The summed E-state index contributed by atoms with van der Waals surface area (Å²) in [6.07, 6.45) is 0.240. The molecule has 5 heteroatoms. The van der Waals surface area contributed by atoms with Gasteiger partial charge >= 0.3 is 6.09 Å². The maximum absolute atomic E-state index is 11.3. The first-order chi connectivity index (χ1) is 14.5. The van der Waals surface area contributed by atoms with E-state index in [4.69, 9.17) is 9.72 Å². The summed E-state index contributed by atoms with van der Waals surface area (Å²) in [5.74, 6) is 0. The highest BCUT2D eigenvalue weighted by Gasteiger charge is 2.10. The summed E-state index contributed by atoms with van der Waals surface area (Å²) >= 11 is 0. The standard InChI is InChI=1S/C25H25N3O2/c1-16-7-9-20-22(13-16)28-23-14-17(2)8-10-21(23)24(20)27-19-6-4-5-18(15-19)11-12-30-25(29)26-3/h4-10,13-15H,11-12H2,1-3H3,(H,26,29)(H,27,28). The van der Waals surface area contributed by atoms with Crippen LogP contribution < -0.4 is 10.6 Å². The minimum absolute atomic E-state index is 0.336. The van der Waals surface area contributed by atoms with Crippen LogP contribution in [0.15, 0.2) is 60.7 Å². The third-order valence-corrected chi connectivity index (χ3v) is 5.11. The molecule has 152 valence electrons. The molecule has 0 saturated heterocycles. The average molecular weight is 399 g/mol. The Morgan fingerprint density at radius 2 is 1.60 bits per heavy atom. The molecule has 0 aliphatic rings. The predicted octanol–water partition coefficient (Wildman–Crippen LogP) is 5.65. The van der Waals surface area contributed by atoms with Crippen LogP contribution in [0.25, 0.3) is 21.8 Å². The molecule has 0 spiro atoms. The molecule has 0 atom stereocenters. The number of alkyl carbamates (subject to hydrolysis) is 1. The Balaban J connectivity index is 1.70. The summed E-state index contributed by atoms with van der Waals surface area (Å²) in [5.41, 5.74) is 7.46. The number of pyridine rings is 1. The Kier molecular flexibility index (Phi) is 5.53. The Bertz CT molecular complexity index is 1170. The van der Waals surface area contributed by atoms with E-state index in [1.54, 1.807) is 7.05 Å². The van der Waals surface area contributed by atoms with E-state index in [1.165, 1.54) is 11.1 Å². The molecule has 2 N–H and O–H groups in total. The zero-order valence-corrected chi connectivity index (χ0v) is 17.5. The predicted molar refractivity (Wildman–Crippen MR) is 123 cm³/mol. The van der Waals surface area contributed by atoms with Crippen LogP contribution in [0.1, 0.15) is 16.7 Å². The van der Waals surface area contributed by atoms with E-state index < -0.39 is 6.09 Å². The minimum Gasteiger partial charge on any atom is -0.449 e. The number of hydrogen-bond acceptors (Lipinski definition) is 4. The number of aryl methyl sites for hydroxylation is 2. The van der Waals surface area contributed by atoms with Crippen LogP contribution >= 0.6 is 0 Å². The topological polar surface area (TPSA) is 63.2 Å². The molecular formula is C25H25N3O2. The van der Waals surface area contributed by atoms with Gasteiger partial charge in [-0.25, -0.2) is 9.78 Å². The lowest BCUT2D eigenvalue weighted by atomic mass is 10.0. The first kappa shape index (κ1) is 19.7. The first-order valence-corrected chi connectivity index (χ1v) is 10.0. The summed E-state index contributed by atoms with van der Waals surface area (Å²) in [4.78, 5) is 16.1. The summed E-state index contributed by atoms with van der Waals surface area (Å²) in [6, 6.07) is 20.9. The number of aromatic nitrogens is 1. The van der Waals surface area contributed by atoms with Crippen molar-refractivity contribution in [3.63, 3.8) is 0 Å². The lowest BCUT2D eigenvalue weighted by Gasteiger charge is -2.15. The molecule has 1 heterocycles. The van der Waals surface area contributed by atoms with Gasteiger partial charge in [-0.3, -0.25) is 0 Å². The van der Waals surface area contributed by atoms with Crippen LogP contribution in [0.5, 0.6) is 0 Å². The van der Waals surface area contributed by atoms with Gasteiger partial charge in [0.15, 0.2) is 0 Å². The molecule has 0 radical (unpaired) electrons. The molecule has 5 nitrogen and oxygen atoms in total. The van der Waals surface area contributed by atoms with E-state index in [0.29, 0.717) is 13.0 Å². The number of carbonyl (C=O) groups is 1. The van der Waals surface area contributed by atoms with Gasteiger partial charge in [0.2, 0.25) is 0 Å². The highest BCUT2D eigenvalue weighted by Crippen LogP contribution is 2.34. The lowest BCUT2D eigenvalue weighted by molar-refractivity contribution is 0.150. The smallest absolute Gasteiger partial charge is 0.406 e. The number of anilines is 2. The van der Waals surface area contributed by atoms with Gasteiger partial charge in [-0.15, -0.1) is 0 Å². The number of nitrogens with zero attached hydrogens (tertiary/aromatic N) is 1. The van der Waals surface area contributed by atoms with E-state index >= 15 is 0 Å². The largest absolute Gasteiger partial charge is 0.449 e. The third kappa shape index (κ3) is 4.20. The second-order valence-corrected chi connectivity index (χ2v) is 7.49. The number of carbonyl (C=O) groups excluding carboxylic acids is 1. The molecule has 0 aliphatic heterocycles. The number of fused-ring (bicyclic) bond motifs is 2. The molecule has 0 saturated carbocycles. The summed E-state index contributed by atoms with van der Waals surface area (Å²) < 4.78 is 5.11. The van der Waals surface area contributed by atoms with Gasteiger partial charge in [0.25, 0.3) is 0 Å². The number of benzene rings is 3. The minimum atomic E-state index is -0.412. The van der Waals surface area contributed by atoms with E-state index in [9.17, 15) is 4.79 Å². The Morgan fingerprint density at radius 1 is 0.933 bits per heavy atom. The van der Waals surface area contributed by atoms with E-state index in [2.05, 4.69) is 66.9 Å². The van der Waals surface area contributed by atoms with E-state index in [1.807, 2.05) is 18.2 Å². The number of rotatable bonds is 5. The zero-order chi connectivity index (χ0) is 21.1. The highest BCUT2D eigenvalue weighted by atomic mass is 16.5. The van der Waals surface area contributed by atoms with Gasteiger partial charge in [0, 0.05) is 29.9 Å². The summed E-state index contributed by atoms with van der Waals surface area (Å²) in [5, 5.41) is 8.25. The van der Waals surface area contributed by atoms with Crippen molar-refractivity contribution in [1.82, 2.24) is 10.3 Å². The number of ether oxygens (including phenoxy) is 1. The van der Waals surface area contributed by atoms with E-state index in [-0.39, 0.29) is 0 Å². The van der Waals surface area contributed by atoms with Crippen LogP contribution in [0.4, 0.5) is 16.2 Å². The molecule has 1 aromatic heterocycles. The summed E-state index contributed by atoms with van der Waals surface area (Å²) in [7, 11) is 1.55. The van der Waals surface area contributed by atoms with Crippen molar-refractivity contribution in [3.8, 4) is 0 Å². The van der Waals surface area contributed by atoms with Crippen molar-refractivity contribution in [2.75, 3.05) is 19.0 Å². The summed E-state index contributed by atoms with van der Waals surface area (Å²) in [6.45, 7) is 4.50. The maximum atomic E-state index is 11.3. The Labute approximate surface area is 176 Å². The van der Waals surface area contributed by atoms with Gasteiger partial charge in [0.1, 0.15) is 0 Å². The maximum Gasteiger partial charge on any atom is 0.406 e. The second-order valence-electron chi connectivity index (χ2n) is 7.49. The molecule has 0 bridgehead atoms. The van der Waals surface area contributed by atoms with Crippen molar-refractivity contribution in [1.29, 1.82) is 0 Å². The number of nitrogens with one attached hydrogen (secondary N) is 2. The molecular weight excluding hydrogens is 374 g/mol. The molecule has 0 fully saturated rings. The quantitative estimate of drug-likeness (QED) is 0.426. The van der Waals surface area contributed by atoms with Crippen LogP contribution in [0.2, 0.25) is 0 Å². The van der Waals surface area contributed by atoms with Gasteiger partial charge in [0.05, 0.1) is 23.3 Å². The second kappa shape index (κ2) is 8.41. The van der Waals surface area contributed by atoms with Crippen molar-refractivity contribution >= 4 is 39.3 Å². The molecule has 0 aliphatic carbocycles. The fourth-order valence-corrected chi connectivity index (χ4v) is 3.58. The van der Waals surface area contributed by atoms with Crippen LogP contribution in [-0.2, 0) is 11.2 Å².